The minimum atomic E-state index is -1.00. The SMILES string of the molecule is CC(C=O)C(=O)N1C(=O)c2ccccc2C1=O. The van der Waals surface area contributed by atoms with Crippen molar-refractivity contribution in [2.45, 2.75) is 6.92 Å². The molecule has 5 heteroatoms. The second-order valence-corrected chi connectivity index (χ2v) is 3.75. The molecule has 0 saturated heterocycles. The standard InChI is InChI=1S/C12H9NO4/c1-7(6-14)10(15)13-11(16)8-4-2-3-5-9(8)12(13)17/h2-7H,1H3. The number of rotatable bonds is 2. The van der Waals surface area contributed by atoms with Gasteiger partial charge in [-0.2, -0.15) is 0 Å². The maximum Gasteiger partial charge on any atom is 0.268 e. The van der Waals surface area contributed by atoms with Crippen LogP contribution in [0, 0.1) is 5.92 Å². The summed E-state index contributed by atoms with van der Waals surface area (Å²) >= 11 is 0. The molecule has 3 amide bonds. The molecule has 0 saturated carbocycles. The molecular formula is C12H9NO4. The van der Waals surface area contributed by atoms with Crippen LogP contribution in [0.4, 0.5) is 0 Å². The molecule has 5 nitrogen and oxygen atoms in total. The summed E-state index contributed by atoms with van der Waals surface area (Å²) < 4.78 is 0. The van der Waals surface area contributed by atoms with Gasteiger partial charge in [0, 0.05) is 0 Å². The Labute approximate surface area is 97.0 Å². The molecule has 1 atom stereocenters. The summed E-state index contributed by atoms with van der Waals surface area (Å²) in [7, 11) is 0. The lowest BCUT2D eigenvalue weighted by atomic mass is 10.1. The zero-order valence-electron chi connectivity index (χ0n) is 9.04. The van der Waals surface area contributed by atoms with E-state index in [1.165, 1.54) is 19.1 Å². The van der Waals surface area contributed by atoms with Crippen molar-refractivity contribution in [3.05, 3.63) is 35.4 Å². The molecule has 0 aliphatic carbocycles. The van der Waals surface area contributed by atoms with Gasteiger partial charge >= 0.3 is 0 Å². The number of benzene rings is 1. The van der Waals surface area contributed by atoms with Crippen LogP contribution < -0.4 is 0 Å². The van der Waals surface area contributed by atoms with Gasteiger partial charge in [-0.15, -0.1) is 0 Å². The summed E-state index contributed by atoms with van der Waals surface area (Å²) in [5.74, 6) is -3.11. The topological polar surface area (TPSA) is 71.5 Å². The Bertz CT molecular complexity index is 500. The van der Waals surface area contributed by atoms with Gasteiger partial charge in [0.15, 0.2) is 0 Å². The van der Waals surface area contributed by atoms with Gasteiger partial charge in [-0.25, -0.2) is 4.90 Å². The van der Waals surface area contributed by atoms with Crippen molar-refractivity contribution in [3.8, 4) is 0 Å². The van der Waals surface area contributed by atoms with Crippen LogP contribution in [0.2, 0.25) is 0 Å². The third-order valence-electron chi connectivity index (χ3n) is 2.61. The number of nitrogens with zero attached hydrogens (tertiary/aromatic N) is 1. The lowest BCUT2D eigenvalue weighted by Crippen LogP contribution is -2.39. The van der Waals surface area contributed by atoms with E-state index in [9.17, 15) is 19.2 Å². The molecule has 1 unspecified atom stereocenters. The highest BCUT2D eigenvalue weighted by Crippen LogP contribution is 2.23. The summed E-state index contributed by atoms with van der Waals surface area (Å²) in [5, 5.41) is 0. The molecule has 0 radical (unpaired) electrons. The van der Waals surface area contributed by atoms with Crippen molar-refractivity contribution in [1.82, 2.24) is 4.90 Å². The first-order valence-electron chi connectivity index (χ1n) is 5.05. The van der Waals surface area contributed by atoms with Crippen molar-refractivity contribution in [3.63, 3.8) is 0 Å². The van der Waals surface area contributed by atoms with Crippen LogP contribution in [0.1, 0.15) is 27.6 Å². The minimum Gasteiger partial charge on any atom is -0.303 e. The van der Waals surface area contributed by atoms with Crippen LogP contribution >= 0.6 is 0 Å². The van der Waals surface area contributed by atoms with Crippen molar-refractivity contribution in [1.29, 1.82) is 0 Å². The molecule has 0 bridgehead atoms. The lowest BCUT2D eigenvalue weighted by Gasteiger charge is -2.13. The fourth-order valence-corrected chi connectivity index (χ4v) is 1.65. The van der Waals surface area contributed by atoms with Gasteiger partial charge < -0.3 is 4.79 Å². The first-order chi connectivity index (χ1) is 8.07. The number of amides is 3. The molecule has 2 rings (SSSR count). The van der Waals surface area contributed by atoms with E-state index in [-0.39, 0.29) is 11.1 Å². The predicted octanol–water partition coefficient (Wildman–Crippen LogP) is 0.644. The predicted molar refractivity (Wildman–Crippen MR) is 57.2 cm³/mol. The highest BCUT2D eigenvalue weighted by atomic mass is 16.2. The van der Waals surface area contributed by atoms with Crippen LogP contribution in [0.3, 0.4) is 0 Å². The molecule has 1 aliphatic heterocycles. The summed E-state index contributed by atoms with van der Waals surface area (Å²) in [6.45, 7) is 1.35. The third-order valence-corrected chi connectivity index (χ3v) is 2.61. The van der Waals surface area contributed by atoms with E-state index in [0.717, 1.165) is 0 Å². The smallest absolute Gasteiger partial charge is 0.268 e. The van der Waals surface area contributed by atoms with Crippen molar-refractivity contribution in [2.24, 2.45) is 5.92 Å². The Morgan fingerprint density at radius 2 is 1.65 bits per heavy atom. The van der Waals surface area contributed by atoms with Gasteiger partial charge in [0.05, 0.1) is 17.0 Å². The van der Waals surface area contributed by atoms with Gasteiger partial charge in [-0.3, -0.25) is 14.4 Å². The number of imide groups is 3. The first kappa shape index (κ1) is 11.2. The molecule has 0 aromatic heterocycles. The highest BCUT2D eigenvalue weighted by Gasteiger charge is 2.40. The van der Waals surface area contributed by atoms with Gasteiger partial charge in [0.2, 0.25) is 5.91 Å². The Balaban J connectivity index is 2.43. The van der Waals surface area contributed by atoms with Gasteiger partial charge in [-0.05, 0) is 19.1 Å². The van der Waals surface area contributed by atoms with E-state index < -0.39 is 23.6 Å². The molecule has 17 heavy (non-hydrogen) atoms. The number of hydrogen-bond donors (Lipinski definition) is 0. The van der Waals surface area contributed by atoms with E-state index in [1.54, 1.807) is 12.1 Å². The van der Waals surface area contributed by atoms with Gasteiger partial charge in [0.1, 0.15) is 6.29 Å². The normalized spacial score (nSPS) is 15.7. The third kappa shape index (κ3) is 1.56. The van der Waals surface area contributed by atoms with Crippen molar-refractivity contribution >= 4 is 24.0 Å². The van der Waals surface area contributed by atoms with Crippen molar-refractivity contribution in [2.75, 3.05) is 0 Å². The van der Waals surface area contributed by atoms with Crippen LogP contribution in [0.25, 0.3) is 0 Å². The second kappa shape index (κ2) is 3.93. The lowest BCUT2D eigenvalue weighted by molar-refractivity contribution is -0.132. The fourth-order valence-electron chi connectivity index (χ4n) is 1.65. The Morgan fingerprint density at radius 1 is 1.18 bits per heavy atom. The zero-order valence-corrected chi connectivity index (χ0v) is 9.04. The largest absolute Gasteiger partial charge is 0.303 e. The van der Waals surface area contributed by atoms with Crippen LogP contribution in [-0.4, -0.2) is 28.9 Å². The Kier molecular flexibility index (Phi) is 2.59. The number of carbonyl (C=O) groups excluding carboxylic acids is 4. The molecule has 1 heterocycles. The number of hydrogen-bond acceptors (Lipinski definition) is 4. The minimum absolute atomic E-state index is 0.198. The molecular weight excluding hydrogens is 222 g/mol. The first-order valence-corrected chi connectivity index (χ1v) is 5.05. The van der Waals surface area contributed by atoms with E-state index in [2.05, 4.69) is 0 Å². The summed E-state index contributed by atoms with van der Waals surface area (Å²) in [4.78, 5) is 46.4. The average molecular weight is 231 g/mol. The van der Waals surface area contributed by atoms with Gasteiger partial charge in [-0.1, -0.05) is 12.1 Å². The number of aldehydes is 1. The number of carbonyl (C=O) groups is 4. The van der Waals surface area contributed by atoms with E-state index in [4.69, 9.17) is 0 Å². The van der Waals surface area contributed by atoms with Crippen LogP contribution in [-0.2, 0) is 9.59 Å². The zero-order chi connectivity index (χ0) is 12.6. The molecule has 0 N–H and O–H groups in total. The van der Waals surface area contributed by atoms with E-state index in [1.807, 2.05) is 0 Å². The van der Waals surface area contributed by atoms with E-state index in [0.29, 0.717) is 11.2 Å². The molecule has 0 fully saturated rings. The summed E-state index contributed by atoms with van der Waals surface area (Å²) in [5.41, 5.74) is 0.396. The Morgan fingerprint density at radius 3 is 2.06 bits per heavy atom. The molecule has 1 aromatic carbocycles. The van der Waals surface area contributed by atoms with E-state index >= 15 is 0 Å². The second-order valence-electron chi connectivity index (χ2n) is 3.75. The van der Waals surface area contributed by atoms with Gasteiger partial charge in [0.25, 0.3) is 11.8 Å². The molecule has 86 valence electrons. The maximum absolute atomic E-state index is 11.8. The summed E-state index contributed by atoms with van der Waals surface area (Å²) in [6, 6.07) is 6.19. The Hall–Kier alpha value is -2.30. The summed E-state index contributed by atoms with van der Waals surface area (Å²) in [6.07, 6.45) is 0.409. The molecule has 1 aliphatic rings. The molecule has 1 aromatic rings. The fraction of sp³-hybridized carbons (Fsp3) is 0.167. The molecule has 0 spiro atoms. The highest BCUT2D eigenvalue weighted by molar-refractivity contribution is 6.29. The van der Waals surface area contributed by atoms with Crippen LogP contribution in [0.5, 0.6) is 0 Å². The number of fused-ring (bicyclic) bond motifs is 1. The average Bonchev–Trinajstić information content (AvgIpc) is 2.61. The quantitative estimate of drug-likeness (QED) is 0.425. The van der Waals surface area contributed by atoms with Crippen LogP contribution in [0.15, 0.2) is 24.3 Å². The maximum atomic E-state index is 11.8. The van der Waals surface area contributed by atoms with Crippen molar-refractivity contribution < 1.29 is 19.2 Å². The monoisotopic (exact) mass is 231 g/mol.